The molecule has 0 bridgehead atoms. The molecule has 6 heteroatoms. The third-order valence-electron chi connectivity index (χ3n) is 4.00. The van der Waals surface area contributed by atoms with E-state index in [9.17, 15) is 13.5 Å². The van der Waals surface area contributed by atoms with E-state index in [2.05, 4.69) is 5.32 Å². The van der Waals surface area contributed by atoms with Crippen LogP contribution in [0.5, 0.6) is 0 Å². The molecule has 2 N–H and O–H groups in total. The number of rotatable bonds is 4. The molecule has 0 aromatic carbocycles. The van der Waals surface area contributed by atoms with Crippen LogP contribution >= 0.6 is 0 Å². The minimum Gasteiger partial charge on any atom is -0.392 e. The van der Waals surface area contributed by atoms with Crippen LogP contribution in [-0.2, 0) is 10.0 Å². The van der Waals surface area contributed by atoms with Crippen molar-refractivity contribution in [3.05, 3.63) is 0 Å². The maximum atomic E-state index is 12.2. The van der Waals surface area contributed by atoms with Crippen LogP contribution in [0.1, 0.15) is 32.1 Å². The average Bonchev–Trinajstić information content (AvgIpc) is 2.38. The Morgan fingerprint density at radius 1 is 1.22 bits per heavy atom. The van der Waals surface area contributed by atoms with Gasteiger partial charge in [0.15, 0.2) is 0 Å². The van der Waals surface area contributed by atoms with E-state index in [0.717, 1.165) is 45.2 Å². The van der Waals surface area contributed by atoms with Gasteiger partial charge < -0.3 is 10.4 Å². The van der Waals surface area contributed by atoms with E-state index in [1.165, 1.54) is 4.31 Å². The Kier molecular flexibility index (Phi) is 5.00. The zero-order chi connectivity index (χ0) is 13.0. The minimum absolute atomic E-state index is 0.240. The number of aliphatic hydroxyl groups excluding tert-OH is 1. The molecule has 5 nitrogen and oxygen atoms in total. The normalized spacial score (nSPS) is 28.4. The van der Waals surface area contributed by atoms with Gasteiger partial charge >= 0.3 is 0 Å². The summed E-state index contributed by atoms with van der Waals surface area (Å²) in [6, 6.07) is 0. The van der Waals surface area contributed by atoms with Crippen LogP contribution in [0.4, 0.5) is 0 Å². The fraction of sp³-hybridized carbons (Fsp3) is 1.00. The highest BCUT2D eigenvalue weighted by Gasteiger charge is 2.28. The number of β-amino-alcohol motifs (C(OH)–C–C–N with tert-alkyl or cyclic N) is 1. The lowest BCUT2D eigenvalue weighted by Crippen LogP contribution is -2.43. The van der Waals surface area contributed by atoms with Crippen molar-refractivity contribution in [2.75, 3.05) is 31.9 Å². The Balaban J connectivity index is 1.82. The quantitative estimate of drug-likeness (QED) is 0.767. The van der Waals surface area contributed by atoms with Crippen LogP contribution in [0.2, 0.25) is 0 Å². The van der Waals surface area contributed by atoms with Crippen molar-refractivity contribution in [2.45, 2.75) is 38.2 Å². The predicted octanol–water partition coefficient (Wildman–Crippen LogP) is 0.163. The van der Waals surface area contributed by atoms with Gasteiger partial charge in [-0.05, 0) is 51.1 Å². The standard InChI is InChI=1S/C12H24N2O3S/c15-12-2-1-8-14(10-12)18(16,17)9-5-11-3-6-13-7-4-11/h11-13,15H,1-10H2. The van der Waals surface area contributed by atoms with E-state index in [1.54, 1.807) is 0 Å². The summed E-state index contributed by atoms with van der Waals surface area (Å²) >= 11 is 0. The van der Waals surface area contributed by atoms with E-state index in [0.29, 0.717) is 12.5 Å². The van der Waals surface area contributed by atoms with Crippen LogP contribution in [0.25, 0.3) is 0 Å². The summed E-state index contributed by atoms with van der Waals surface area (Å²) < 4.78 is 25.8. The van der Waals surface area contributed by atoms with E-state index in [1.807, 2.05) is 0 Å². The summed E-state index contributed by atoms with van der Waals surface area (Å²) in [4.78, 5) is 0. The Hall–Kier alpha value is -0.170. The van der Waals surface area contributed by atoms with Crippen LogP contribution < -0.4 is 5.32 Å². The summed E-state index contributed by atoms with van der Waals surface area (Å²) in [7, 11) is -3.16. The molecule has 0 amide bonds. The van der Waals surface area contributed by atoms with Crippen LogP contribution in [0.3, 0.4) is 0 Å². The lowest BCUT2D eigenvalue weighted by atomic mass is 9.96. The van der Waals surface area contributed by atoms with Gasteiger partial charge in [-0.25, -0.2) is 8.42 Å². The van der Waals surface area contributed by atoms with Crippen molar-refractivity contribution in [2.24, 2.45) is 5.92 Å². The molecule has 0 radical (unpaired) electrons. The van der Waals surface area contributed by atoms with Crippen molar-refractivity contribution in [1.29, 1.82) is 0 Å². The molecule has 2 saturated heterocycles. The number of aliphatic hydroxyl groups is 1. The maximum Gasteiger partial charge on any atom is 0.214 e. The lowest BCUT2D eigenvalue weighted by molar-refractivity contribution is 0.108. The van der Waals surface area contributed by atoms with Gasteiger partial charge in [0.25, 0.3) is 0 Å². The molecule has 2 heterocycles. The molecule has 2 rings (SSSR count). The Bertz CT molecular complexity index is 352. The summed E-state index contributed by atoms with van der Waals surface area (Å²) in [6.07, 6.45) is 3.94. The van der Waals surface area contributed by atoms with Gasteiger partial charge in [-0.3, -0.25) is 0 Å². The SMILES string of the molecule is O=S(=O)(CCC1CCNCC1)N1CCCC(O)C1. The summed E-state index contributed by atoms with van der Waals surface area (Å²) in [5.41, 5.74) is 0. The first-order chi connectivity index (χ1) is 8.58. The molecule has 0 aromatic rings. The van der Waals surface area contributed by atoms with E-state index >= 15 is 0 Å². The molecular formula is C12H24N2O3S. The first-order valence-corrected chi connectivity index (χ1v) is 8.55. The number of piperidine rings is 2. The highest BCUT2D eigenvalue weighted by atomic mass is 32.2. The van der Waals surface area contributed by atoms with Gasteiger partial charge in [0.1, 0.15) is 0 Å². The largest absolute Gasteiger partial charge is 0.392 e. The molecule has 2 fully saturated rings. The highest BCUT2D eigenvalue weighted by molar-refractivity contribution is 7.89. The monoisotopic (exact) mass is 276 g/mol. The predicted molar refractivity (Wildman–Crippen MR) is 70.8 cm³/mol. The number of nitrogens with one attached hydrogen (secondary N) is 1. The minimum atomic E-state index is -3.16. The van der Waals surface area contributed by atoms with Gasteiger partial charge in [-0.15, -0.1) is 0 Å². The van der Waals surface area contributed by atoms with E-state index < -0.39 is 16.1 Å². The van der Waals surface area contributed by atoms with E-state index in [-0.39, 0.29) is 12.3 Å². The number of nitrogens with zero attached hydrogens (tertiary/aromatic N) is 1. The average molecular weight is 276 g/mol. The van der Waals surface area contributed by atoms with E-state index in [4.69, 9.17) is 0 Å². The van der Waals surface area contributed by atoms with Crippen LogP contribution in [0.15, 0.2) is 0 Å². The Labute approximate surface area is 110 Å². The van der Waals surface area contributed by atoms with Crippen molar-refractivity contribution < 1.29 is 13.5 Å². The Morgan fingerprint density at radius 3 is 2.61 bits per heavy atom. The molecule has 1 unspecified atom stereocenters. The van der Waals surface area contributed by atoms with Gasteiger partial charge in [0, 0.05) is 13.1 Å². The molecular weight excluding hydrogens is 252 g/mol. The second-order valence-corrected chi connectivity index (χ2v) is 7.54. The van der Waals surface area contributed by atoms with Gasteiger partial charge in [0.05, 0.1) is 11.9 Å². The summed E-state index contributed by atoms with van der Waals surface area (Å²) in [5, 5.41) is 12.8. The molecule has 0 aromatic heterocycles. The molecule has 0 saturated carbocycles. The fourth-order valence-electron chi connectivity index (χ4n) is 2.79. The molecule has 2 aliphatic rings. The molecule has 2 aliphatic heterocycles. The maximum absolute atomic E-state index is 12.2. The number of sulfonamides is 1. The van der Waals surface area contributed by atoms with Gasteiger partial charge in [0.2, 0.25) is 10.0 Å². The third kappa shape index (κ3) is 3.91. The summed E-state index contributed by atoms with van der Waals surface area (Å²) in [5.74, 6) is 0.778. The second kappa shape index (κ2) is 6.32. The van der Waals surface area contributed by atoms with Crippen LogP contribution in [0, 0.1) is 5.92 Å². The van der Waals surface area contributed by atoms with Crippen molar-refractivity contribution >= 4 is 10.0 Å². The third-order valence-corrected chi connectivity index (χ3v) is 5.87. The van der Waals surface area contributed by atoms with Gasteiger partial charge in [-0.2, -0.15) is 4.31 Å². The fourth-order valence-corrected chi connectivity index (χ4v) is 4.48. The zero-order valence-electron chi connectivity index (χ0n) is 10.8. The van der Waals surface area contributed by atoms with Gasteiger partial charge in [-0.1, -0.05) is 0 Å². The topological polar surface area (TPSA) is 69.6 Å². The number of hydrogen-bond donors (Lipinski definition) is 2. The van der Waals surface area contributed by atoms with Crippen molar-refractivity contribution in [1.82, 2.24) is 9.62 Å². The molecule has 0 aliphatic carbocycles. The number of hydrogen-bond acceptors (Lipinski definition) is 4. The summed E-state index contributed by atoms with van der Waals surface area (Å²) in [6.45, 7) is 2.88. The van der Waals surface area contributed by atoms with Crippen molar-refractivity contribution in [3.8, 4) is 0 Å². The molecule has 0 spiro atoms. The lowest BCUT2D eigenvalue weighted by Gasteiger charge is -2.30. The van der Waals surface area contributed by atoms with Crippen molar-refractivity contribution in [3.63, 3.8) is 0 Å². The molecule has 18 heavy (non-hydrogen) atoms. The Morgan fingerprint density at radius 2 is 1.94 bits per heavy atom. The van der Waals surface area contributed by atoms with Crippen LogP contribution in [-0.4, -0.2) is 55.9 Å². The molecule has 106 valence electrons. The highest BCUT2D eigenvalue weighted by Crippen LogP contribution is 2.20. The molecule has 1 atom stereocenters. The first kappa shape index (κ1) is 14.2. The smallest absolute Gasteiger partial charge is 0.214 e. The second-order valence-electron chi connectivity index (χ2n) is 5.45. The first-order valence-electron chi connectivity index (χ1n) is 6.94. The zero-order valence-corrected chi connectivity index (χ0v) is 11.7.